The molecule has 0 fully saturated rings. The number of benzene rings is 1. The number of anilines is 1. The summed E-state index contributed by atoms with van der Waals surface area (Å²) in [6.45, 7) is 2.55. The summed E-state index contributed by atoms with van der Waals surface area (Å²) in [4.78, 5) is 26.8. The van der Waals surface area contributed by atoms with E-state index in [1.54, 1.807) is 41.0 Å². The lowest BCUT2D eigenvalue weighted by Gasteiger charge is -2.20. The minimum atomic E-state index is -0.297. The van der Waals surface area contributed by atoms with Gasteiger partial charge in [0, 0.05) is 20.0 Å². The van der Waals surface area contributed by atoms with Gasteiger partial charge in [-0.15, -0.1) is 11.3 Å². The first-order valence-corrected chi connectivity index (χ1v) is 10.5. The van der Waals surface area contributed by atoms with Crippen LogP contribution in [0.4, 0.5) is 10.2 Å². The SMILES string of the molecule is CSc1nc2ncnc(NC3CCN(C(C)=O)Cc4cc(F)ccc43)c2s1. The van der Waals surface area contributed by atoms with Gasteiger partial charge < -0.3 is 10.2 Å². The van der Waals surface area contributed by atoms with E-state index < -0.39 is 0 Å². The topological polar surface area (TPSA) is 71.0 Å². The first-order chi connectivity index (χ1) is 13.0. The Bertz CT molecular complexity index is 1010. The lowest BCUT2D eigenvalue weighted by atomic mass is 9.99. The summed E-state index contributed by atoms with van der Waals surface area (Å²) in [5.41, 5.74) is 2.47. The predicted molar refractivity (Wildman–Crippen MR) is 105 cm³/mol. The number of nitrogens with one attached hydrogen (secondary N) is 1. The Balaban J connectivity index is 1.72. The monoisotopic (exact) mass is 403 g/mol. The zero-order valence-corrected chi connectivity index (χ0v) is 16.5. The summed E-state index contributed by atoms with van der Waals surface area (Å²) >= 11 is 3.12. The van der Waals surface area contributed by atoms with E-state index in [2.05, 4.69) is 20.3 Å². The van der Waals surface area contributed by atoms with E-state index in [-0.39, 0.29) is 17.8 Å². The second-order valence-corrected chi connectivity index (χ2v) is 8.38. The van der Waals surface area contributed by atoms with Gasteiger partial charge in [0.1, 0.15) is 22.7 Å². The van der Waals surface area contributed by atoms with E-state index >= 15 is 0 Å². The van der Waals surface area contributed by atoms with Crippen LogP contribution in [-0.2, 0) is 11.3 Å². The van der Waals surface area contributed by atoms with E-state index in [1.165, 1.54) is 18.5 Å². The average molecular weight is 404 g/mol. The van der Waals surface area contributed by atoms with Gasteiger partial charge in [-0.05, 0) is 35.9 Å². The molecule has 0 aliphatic carbocycles. The molecule has 0 spiro atoms. The van der Waals surface area contributed by atoms with E-state index in [0.29, 0.717) is 31.0 Å². The number of amides is 1. The number of halogens is 1. The Kier molecular flexibility index (Phi) is 4.96. The molecular formula is C18H18FN5OS2. The second kappa shape index (κ2) is 7.40. The van der Waals surface area contributed by atoms with Gasteiger partial charge in [-0.1, -0.05) is 17.8 Å². The molecule has 2 aromatic heterocycles. The molecule has 140 valence electrons. The first-order valence-electron chi connectivity index (χ1n) is 8.51. The number of fused-ring (bicyclic) bond motifs is 2. The molecule has 1 N–H and O–H groups in total. The van der Waals surface area contributed by atoms with Crippen molar-refractivity contribution in [2.45, 2.75) is 30.3 Å². The van der Waals surface area contributed by atoms with Crippen molar-refractivity contribution in [1.82, 2.24) is 19.9 Å². The van der Waals surface area contributed by atoms with Crippen LogP contribution in [0.25, 0.3) is 10.3 Å². The van der Waals surface area contributed by atoms with Crippen molar-refractivity contribution in [1.29, 1.82) is 0 Å². The highest BCUT2D eigenvalue weighted by molar-refractivity contribution is 8.00. The maximum Gasteiger partial charge on any atom is 0.219 e. The van der Waals surface area contributed by atoms with Gasteiger partial charge in [0.15, 0.2) is 9.99 Å². The van der Waals surface area contributed by atoms with Crippen LogP contribution in [0, 0.1) is 5.82 Å². The van der Waals surface area contributed by atoms with Crippen molar-refractivity contribution in [3.05, 3.63) is 41.5 Å². The van der Waals surface area contributed by atoms with Crippen LogP contribution in [0.3, 0.4) is 0 Å². The molecule has 6 nitrogen and oxygen atoms in total. The van der Waals surface area contributed by atoms with Gasteiger partial charge in [0.25, 0.3) is 0 Å². The fourth-order valence-electron chi connectivity index (χ4n) is 3.28. The highest BCUT2D eigenvalue weighted by Crippen LogP contribution is 2.35. The Hall–Kier alpha value is -2.26. The average Bonchev–Trinajstić information content (AvgIpc) is 3.00. The number of thioether (sulfide) groups is 1. The smallest absolute Gasteiger partial charge is 0.219 e. The molecule has 0 radical (unpaired) electrons. The van der Waals surface area contributed by atoms with E-state index in [4.69, 9.17) is 0 Å². The highest BCUT2D eigenvalue weighted by Gasteiger charge is 2.25. The third-order valence-electron chi connectivity index (χ3n) is 4.63. The van der Waals surface area contributed by atoms with Gasteiger partial charge in [-0.2, -0.15) is 0 Å². The van der Waals surface area contributed by atoms with Crippen molar-refractivity contribution in [2.24, 2.45) is 0 Å². The Morgan fingerprint density at radius 2 is 2.26 bits per heavy atom. The van der Waals surface area contributed by atoms with Crippen molar-refractivity contribution in [3.8, 4) is 0 Å². The summed E-state index contributed by atoms with van der Waals surface area (Å²) in [7, 11) is 0. The van der Waals surface area contributed by atoms with Gasteiger partial charge in [-0.25, -0.2) is 19.3 Å². The quantitative estimate of drug-likeness (QED) is 0.670. The molecule has 0 saturated heterocycles. The fourth-order valence-corrected chi connectivity index (χ4v) is 4.75. The van der Waals surface area contributed by atoms with Crippen LogP contribution < -0.4 is 5.32 Å². The van der Waals surface area contributed by atoms with Crippen molar-refractivity contribution in [3.63, 3.8) is 0 Å². The van der Waals surface area contributed by atoms with E-state index in [0.717, 1.165) is 20.2 Å². The van der Waals surface area contributed by atoms with Crippen LogP contribution in [0.1, 0.15) is 30.5 Å². The third-order valence-corrected chi connectivity index (χ3v) is 6.67. The van der Waals surface area contributed by atoms with Crippen LogP contribution in [0.15, 0.2) is 28.9 Å². The van der Waals surface area contributed by atoms with Gasteiger partial charge >= 0.3 is 0 Å². The molecule has 4 rings (SSSR count). The summed E-state index contributed by atoms with van der Waals surface area (Å²) in [5, 5.41) is 3.49. The molecule has 1 aromatic carbocycles. The normalized spacial score (nSPS) is 16.9. The lowest BCUT2D eigenvalue weighted by Crippen LogP contribution is -2.28. The molecule has 3 heterocycles. The Morgan fingerprint density at radius 1 is 1.41 bits per heavy atom. The molecule has 1 unspecified atom stereocenters. The highest BCUT2D eigenvalue weighted by atomic mass is 32.2. The zero-order chi connectivity index (χ0) is 19.0. The van der Waals surface area contributed by atoms with Gasteiger partial charge in [0.2, 0.25) is 5.91 Å². The molecular weight excluding hydrogens is 385 g/mol. The van der Waals surface area contributed by atoms with Crippen molar-refractivity contribution < 1.29 is 9.18 Å². The molecule has 9 heteroatoms. The van der Waals surface area contributed by atoms with Gasteiger partial charge in [-0.3, -0.25) is 4.79 Å². The number of carbonyl (C=O) groups excluding carboxylic acids is 1. The van der Waals surface area contributed by atoms with Crippen LogP contribution in [-0.4, -0.2) is 38.6 Å². The minimum Gasteiger partial charge on any atom is -0.362 e. The van der Waals surface area contributed by atoms with Crippen LogP contribution in [0.2, 0.25) is 0 Å². The molecule has 0 bridgehead atoms. The molecule has 1 aliphatic heterocycles. The Morgan fingerprint density at radius 3 is 3.04 bits per heavy atom. The molecule has 1 atom stereocenters. The third kappa shape index (κ3) is 3.61. The molecule has 0 saturated carbocycles. The molecule has 1 amide bonds. The lowest BCUT2D eigenvalue weighted by molar-refractivity contribution is -0.129. The maximum atomic E-state index is 13.8. The fraction of sp³-hybridized carbons (Fsp3) is 0.333. The van der Waals surface area contributed by atoms with Crippen molar-refractivity contribution in [2.75, 3.05) is 18.1 Å². The standard InChI is InChI=1S/C18H18FN5OS2/c1-10(25)24-6-5-14(13-4-3-12(19)7-11(13)8-24)22-16-15-17(21-9-20-16)23-18(26-2)27-15/h3-4,7,9,14H,5-6,8H2,1-2H3,(H,20,21,22). The van der Waals surface area contributed by atoms with E-state index in [9.17, 15) is 9.18 Å². The van der Waals surface area contributed by atoms with Crippen LogP contribution in [0.5, 0.6) is 0 Å². The maximum absolute atomic E-state index is 13.8. The van der Waals surface area contributed by atoms with E-state index in [1.807, 2.05) is 6.26 Å². The summed E-state index contributed by atoms with van der Waals surface area (Å²) < 4.78 is 15.6. The zero-order valence-electron chi connectivity index (χ0n) is 14.9. The second-order valence-electron chi connectivity index (χ2n) is 6.33. The number of nitrogens with zero attached hydrogens (tertiary/aromatic N) is 4. The first kappa shape index (κ1) is 18.1. The number of thiazole rings is 1. The number of hydrogen-bond donors (Lipinski definition) is 1. The molecule has 27 heavy (non-hydrogen) atoms. The molecule has 3 aromatic rings. The van der Waals surface area contributed by atoms with Crippen LogP contribution >= 0.6 is 23.1 Å². The number of carbonyl (C=O) groups is 1. The molecule has 1 aliphatic rings. The Labute approximate surface area is 164 Å². The van der Waals surface area contributed by atoms with Crippen molar-refractivity contribution >= 4 is 45.2 Å². The van der Waals surface area contributed by atoms with Gasteiger partial charge in [0.05, 0.1) is 6.04 Å². The number of rotatable bonds is 3. The summed E-state index contributed by atoms with van der Waals surface area (Å²) in [5.74, 6) is 0.408. The summed E-state index contributed by atoms with van der Waals surface area (Å²) in [6, 6.07) is 4.69. The minimum absolute atomic E-state index is 0.0117. The number of aromatic nitrogens is 3. The predicted octanol–water partition coefficient (Wildman–Crippen LogP) is 3.85. The number of hydrogen-bond acceptors (Lipinski definition) is 7. The largest absolute Gasteiger partial charge is 0.362 e. The summed E-state index contributed by atoms with van der Waals surface area (Å²) in [6.07, 6.45) is 4.18.